The minimum atomic E-state index is -0.745. The predicted octanol–water partition coefficient (Wildman–Crippen LogP) is 0.873. The number of non-ortho nitro benzene ring substituents is 1. The van der Waals surface area contributed by atoms with Crippen LogP contribution in [0.3, 0.4) is 0 Å². The van der Waals surface area contributed by atoms with Crippen LogP contribution in [0.1, 0.15) is 0 Å². The summed E-state index contributed by atoms with van der Waals surface area (Å²) < 4.78 is 0. The molecule has 0 fully saturated rings. The molecule has 0 spiro atoms. The van der Waals surface area contributed by atoms with Crippen LogP contribution < -0.4 is 10.6 Å². The first-order valence-electron chi connectivity index (χ1n) is 3.89. The quantitative estimate of drug-likeness (QED) is 0.438. The Morgan fingerprint density at radius 3 is 2.80 bits per heavy atom. The van der Waals surface area contributed by atoms with E-state index in [1.54, 1.807) is 0 Å². The number of nitro benzene ring substituents is 1. The molecule has 0 aromatic heterocycles. The molecule has 2 N–H and O–H groups in total. The van der Waals surface area contributed by atoms with Crippen LogP contribution >= 0.6 is 0 Å². The Kier molecular flexibility index (Phi) is 3.33. The summed E-state index contributed by atoms with van der Waals surface area (Å²) in [4.78, 5) is 30.6. The van der Waals surface area contributed by atoms with Crippen molar-refractivity contribution in [2.45, 2.75) is 0 Å². The number of anilines is 1. The zero-order valence-electron chi connectivity index (χ0n) is 7.47. The maximum absolute atomic E-state index is 10.9. The van der Waals surface area contributed by atoms with Crippen molar-refractivity contribution in [2.75, 3.05) is 5.32 Å². The summed E-state index contributed by atoms with van der Waals surface area (Å²) in [5.41, 5.74) is 0.0995. The van der Waals surface area contributed by atoms with Gasteiger partial charge in [0, 0.05) is 17.8 Å². The van der Waals surface area contributed by atoms with Crippen molar-refractivity contribution in [2.24, 2.45) is 0 Å². The summed E-state index contributed by atoms with van der Waals surface area (Å²) in [6.45, 7) is 0. The van der Waals surface area contributed by atoms with Crippen LogP contribution in [0.15, 0.2) is 24.3 Å². The molecule has 78 valence electrons. The fourth-order valence-corrected chi connectivity index (χ4v) is 0.918. The van der Waals surface area contributed by atoms with Gasteiger partial charge in [-0.25, -0.2) is 4.79 Å². The van der Waals surface area contributed by atoms with Gasteiger partial charge in [0.25, 0.3) is 5.69 Å². The minimum absolute atomic E-state index is 0.140. The minimum Gasteiger partial charge on any atom is -0.307 e. The van der Waals surface area contributed by atoms with E-state index in [-0.39, 0.29) is 17.8 Å². The van der Waals surface area contributed by atoms with Gasteiger partial charge in [0.05, 0.1) is 4.92 Å². The number of carbonyl (C=O) groups excluding carboxylic acids is 2. The number of amides is 3. The average Bonchev–Trinajstić information content (AvgIpc) is 2.18. The number of hydrogen-bond donors (Lipinski definition) is 2. The number of rotatable bonds is 3. The molecule has 0 unspecified atom stereocenters. The lowest BCUT2D eigenvalue weighted by molar-refractivity contribution is -0.384. The lowest BCUT2D eigenvalue weighted by atomic mass is 10.3. The first-order chi connectivity index (χ1) is 7.13. The van der Waals surface area contributed by atoms with Crippen LogP contribution in [0.5, 0.6) is 0 Å². The van der Waals surface area contributed by atoms with Crippen LogP contribution in [0.2, 0.25) is 0 Å². The van der Waals surface area contributed by atoms with E-state index < -0.39 is 11.0 Å². The van der Waals surface area contributed by atoms with E-state index in [2.05, 4.69) is 5.32 Å². The topological polar surface area (TPSA) is 101 Å². The molecule has 0 bridgehead atoms. The number of nitrogens with one attached hydrogen (secondary N) is 2. The molecule has 0 radical (unpaired) electrons. The van der Waals surface area contributed by atoms with Gasteiger partial charge in [-0.1, -0.05) is 6.07 Å². The van der Waals surface area contributed by atoms with Gasteiger partial charge in [-0.05, 0) is 6.07 Å². The van der Waals surface area contributed by atoms with Gasteiger partial charge in [-0.15, -0.1) is 0 Å². The summed E-state index contributed by atoms with van der Waals surface area (Å²) in [6.07, 6.45) is 0.215. The molecule has 1 rings (SSSR count). The summed E-state index contributed by atoms with van der Waals surface area (Å²) in [5, 5.41) is 14.5. The van der Waals surface area contributed by atoms with Crippen molar-refractivity contribution in [3.63, 3.8) is 0 Å². The summed E-state index contributed by atoms with van der Waals surface area (Å²) >= 11 is 0. The lowest BCUT2D eigenvalue weighted by Gasteiger charge is -2.02. The van der Waals surface area contributed by atoms with Gasteiger partial charge in [-0.2, -0.15) is 0 Å². The highest BCUT2D eigenvalue weighted by Crippen LogP contribution is 2.16. The van der Waals surface area contributed by atoms with Crippen molar-refractivity contribution in [1.82, 2.24) is 5.32 Å². The predicted molar refractivity (Wildman–Crippen MR) is 51.3 cm³/mol. The largest absolute Gasteiger partial charge is 0.325 e. The van der Waals surface area contributed by atoms with Crippen LogP contribution in [-0.4, -0.2) is 17.4 Å². The molecule has 0 heterocycles. The zero-order chi connectivity index (χ0) is 11.3. The van der Waals surface area contributed by atoms with E-state index >= 15 is 0 Å². The third kappa shape index (κ3) is 3.07. The fraction of sp³-hybridized carbons (Fsp3) is 0. The molecule has 0 saturated carbocycles. The van der Waals surface area contributed by atoms with E-state index in [1.807, 2.05) is 5.32 Å². The summed E-state index contributed by atoms with van der Waals surface area (Å²) in [5.74, 6) is 0. The third-order valence-corrected chi connectivity index (χ3v) is 1.50. The van der Waals surface area contributed by atoms with Gasteiger partial charge < -0.3 is 5.32 Å². The molecule has 15 heavy (non-hydrogen) atoms. The highest BCUT2D eigenvalue weighted by molar-refractivity contribution is 5.95. The monoisotopic (exact) mass is 209 g/mol. The smallest absolute Gasteiger partial charge is 0.307 e. The number of nitro groups is 1. The molecule has 0 atom stereocenters. The van der Waals surface area contributed by atoms with E-state index in [4.69, 9.17) is 0 Å². The number of carbonyl (C=O) groups is 2. The molecule has 0 aliphatic rings. The number of imide groups is 1. The molecule has 1 aromatic carbocycles. The Morgan fingerprint density at radius 2 is 2.20 bits per heavy atom. The van der Waals surface area contributed by atoms with E-state index in [9.17, 15) is 19.7 Å². The maximum Gasteiger partial charge on any atom is 0.325 e. The second kappa shape index (κ2) is 4.70. The first-order valence-corrected chi connectivity index (χ1v) is 3.89. The Hall–Kier alpha value is -2.44. The van der Waals surface area contributed by atoms with Crippen LogP contribution in [-0.2, 0) is 4.79 Å². The van der Waals surface area contributed by atoms with Gasteiger partial charge in [-0.3, -0.25) is 20.2 Å². The van der Waals surface area contributed by atoms with Gasteiger partial charge >= 0.3 is 6.03 Å². The molecule has 7 heteroatoms. The highest BCUT2D eigenvalue weighted by atomic mass is 16.6. The molecular formula is C8H7N3O4. The molecule has 3 amide bonds. The average molecular weight is 209 g/mol. The molecule has 7 nitrogen and oxygen atoms in total. The highest BCUT2D eigenvalue weighted by Gasteiger charge is 2.07. The Bertz CT molecular complexity index is 405. The molecular weight excluding hydrogens is 202 g/mol. The third-order valence-electron chi connectivity index (χ3n) is 1.50. The molecule has 0 aliphatic carbocycles. The van der Waals surface area contributed by atoms with E-state index in [0.29, 0.717) is 0 Å². The van der Waals surface area contributed by atoms with E-state index in [1.165, 1.54) is 24.3 Å². The Labute approximate surface area is 84.2 Å². The molecule has 1 aromatic rings. The number of urea groups is 1. The van der Waals surface area contributed by atoms with Crippen molar-refractivity contribution in [3.05, 3.63) is 34.4 Å². The summed E-state index contributed by atoms with van der Waals surface area (Å²) in [6, 6.07) is 4.63. The Balaban J connectivity index is 2.77. The Morgan fingerprint density at radius 1 is 1.47 bits per heavy atom. The maximum atomic E-state index is 10.9. The normalized spacial score (nSPS) is 9.07. The standard InChI is InChI=1S/C8H7N3O4/c12-5-9-8(13)10-6-2-1-3-7(4-6)11(14)15/h1-5H,(H2,9,10,12,13). The number of benzene rings is 1. The van der Waals surface area contributed by atoms with Crippen molar-refractivity contribution < 1.29 is 14.5 Å². The van der Waals surface area contributed by atoms with Gasteiger partial charge in [0.1, 0.15) is 0 Å². The number of hydrogen-bond acceptors (Lipinski definition) is 4. The molecule has 0 aliphatic heterocycles. The second-order valence-electron chi connectivity index (χ2n) is 2.52. The van der Waals surface area contributed by atoms with Crippen LogP contribution in [0, 0.1) is 10.1 Å². The van der Waals surface area contributed by atoms with E-state index in [0.717, 1.165) is 0 Å². The van der Waals surface area contributed by atoms with Gasteiger partial charge in [0.15, 0.2) is 0 Å². The molecule has 0 saturated heterocycles. The first kappa shape index (κ1) is 10.6. The van der Waals surface area contributed by atoms with Crippen LogP contribution in [0.25, 0.3) is 0 Å². The van der Waals surface area contributed by atoms with Crippen molar-refractivity contribution in [3.8, 4) is 0 Å². The van der Waals surface area contributed by atoms with Gasteiger partial charge in [0.2, 0.25) is 6.41 Å². The van der Waals surface area contributed by atoms with Crippen molar-refractivity contribution in [1.29, 1.82) is 0 Å². The lowest BCUT2D eigenvalue weighted by Crippen LogP contribution is -2.27. The second-order valence-corrected chi connectivity index (χ2v) is 2.52. The van der Waals surface area contributed by atoms with Crippen molar-refractivity contribution >= 4 is 23.8 Å². The summed E-state index contributed by atoms with van der Waals surface area (Å²) in [7, 11) is 0. The SMILES string of the molecule is O=CNC(=O)Nc1cccc([N+](=O)[O-])c1. The zero-order valence-corrected chi connectivity index (χ0v) is 7.47. The fourth-order valence-electron chi connectivity index (χ4n) is 0.918. The van der Waals surface area contributed by atoms with Crippen LogP contribution in [0.4, 0.5) is 16.2 Å². The number of nitrogens with zero attached hydrogens (tertiary/aromatic N) is 1.